The highest BCUT2D eigenvalue weighted by molar-refractivity contribution is 7.89. The molecule has 8 heteroatoms. The Labute approximate surface area is 178 Å². The number of anilines is 1. The molecule has 1 aliphatic carbocycles. The molecule has 2 aliphatic rings. The molecule has 0 radical (unpaired) electrons. The van der Waals surface area contributed by atoms with Gasteiger partial charge in [0.05, 0.1) is 17.0 Å². The van der Waals surface area contributed by atoms with Crippen molar-refractivity contribution in [2.24, 2.45) is 0 Å². The molecule has 3 aromatic carbocycles. The second-order valence-electron chi connectivity index (χ2n) is 7.84. The molecule has 0 spiro atoms. The zero-order chi connectivity index (χ0) is 21.8. The average molecular weight is 438 g/mol. The molecule has 1 atom stereocenters. The van der Waals surface area contributed by atoms with Gasteiger partial charge in [0.15, 0.2) is 0 Å². The summed E-state index contributed by atoms with van der Waals surface area (Å²) in [6, 6.07) is 15.9. The maximum absolute atomic E-state index is 13.6. The van der Waals surface area contributed by atoms with Gasteiger partial charge < -0.3 is 0 Å². The van der Waals surface area contributed by atoms with Gasteiger partial charge in [-0.15, -0.1) is 0 Å². The van der Waals surface area contributed by atoms with Crippen LogP contribution in [0.2, 0.25) is 0 Å². The van der Waals surface area contributed by atoms with Crippen molar-refractivity contribution in [2.45, 2.75) is 36.2 Å². The number of halogens is 1. The van der Waals surface area contributed by atoms with Gasteiger partial charge in [0.1, 0.15) is 11.9 Å². The third-order valence-corrected chi connectivity index (χ3v) is 7.68. The molecule has 2 fully saturated rings. The van der Waals surface area contributed by atoms with Crippen LogP contribution in [0.5, 0.6) is 0 Å². The molecule has 158 valence electrons. The van der Waals surface area contributed by atoms with E-state index in [1.165, 1.54) is 22.5 Å². The molecule has 1 heterocycles. The van der Waals surface area contributed by atoms with Crippen molar-refractivity contribution < 1.29 is 22.4 Å². The van der Waals surface area contributed by atoms with E-state index in [-0.39, 0.29) is 23.0 Å². The molecule has 1 saturated heterocycles. The topological polar surface area (TPSA) is 74.8 Å². The third kappa shape index (κ3) is 3.41. The van der Waals surface area contributed by atoms with Gasteiger partial charge in [0, 0.05) is 6.04 Å². The molecule has 2 amide bonds. The zero-order valence-corrected chi connectivity index (χ0v) is 17.3. The number of hydrogen-bond acceptors (Lipinski definition) is 4. The number of rotatable bonds is 5. The van der Waals surface area contributed by atoms with Gasteiger partial charge in [-0.1, -0.05) is 30.3 Å². The van der Waals surface area contributed by atoms with Crippen LogP contribution in [-0.2, 0) is 19.6 Å². The first-order valence-corrected chi connectivity index (χ1v) is 11.4. The SMILES string of the molecule is O=C1CC(N(C2CC2)S(=O)(=O)c2ccc3ccccc3c2)C(=O)N1c1ccc(F)cc1. The van der Waals surface area contributed by atoms with Crippen LogP contribution >= 0.6 is 0 Å². The first-order valence-electron chi connectivity index (χ1n) is 10.0. The van der Waals surface area contributed by atoms with Crippen molar-refractivity contribution in [3.63, 3.8) is 0 Å². The van der Waals surface area contributed by atoms with Crippen molar-refractivity contribution in [3.8, 4) is 0 Å². The van der Waals surface area contributed by atoms with Crippen LogP contribution in [0.1, 0.15) is 19.3 Å². The number of carbonyl (C=O) groups is 2. The summed E-state index contributed by atoms with van der Waals surface area (Å²) >= 11 is 0. The maximum atomic E-state index is 13.6. The lowest BCUT2D eigenvalue weighted by molar-refractivity contribution is -0.122. The monoisotopic (exact) mass is 438 g/mol. The minimum absolute atomic E-state index is 0.0959. The fraction of sp³-hybridized carbons (Fsp3) is 0.217. The standard InChI is InChI=1S/C23H19FN2O4S/c24-17-6-8-18(9-7-17)25-22(27)14-21(23(25)28)26(19-10-11-19)31(29,30)20-12-5-15-3-1-2-4-16(15)13-20/h1-9,12-13,19,21H,10-11,14H2. The van der Waals surface area contributed by atoms with Crippen molar-refractivity contribution in [1.29, 1.82) is 0 Å². The predicted molar refractivity (Wildman–Crippen MR) is 113 cm³/mol. The number of fused-ring (bicyclic) bond motifs is 1. The highest BCUT2D eigenvalue weighted by atomic mass is 32.2. The Morgan fingerprint density at radius 3 is 2.26 bits per heavy atom. The van der Waals surface area contributed by atoms with Gasteiger partial charge >= 0.3 is 0 Å². The predicted octanol–water partition coefficient (Wildman–Crippen LogP) is 3.46. The van der Waals surface area contributed by atoms with Crippen LogP contribution in [0.3, 0.4) is 0 Å². The Bertz CT molecular complexity index is 1300. The minimum Gasteiger partial charge on any atom is -0.274 e. The Hall–Kier alpha value is -3.10. The number of amides is 2. The van der Waals surface area contributed by atoms with Crippen molar-refractivity contribution in [2.75, 3.05) is 4.90 Å². The van der Waals surface area contributed by atoms with Crippen LogP contribution in [0, 0.1) is 5.82 Å². The maximum Gasteiger partial charge on any atom is 0.252 e. The summed E-state index contributed by atoms with van der Waals surface area (Å²) < 4.78 is 41.6. The second-order valence-corrected chi connectivity index (χ2v) is 9.68. The molecule has 0 aromatic heterocycles. The molecule has 1 aliphatic heterocycles. The Morgan fingerprint density at radius 1 is 0.903 bits per heavy atom. The molecule has 0 bridgehead atoms. The fourth-order valence-corrected chi connectivity index (χ4v) is 5.94. The van der Waals surface area contributed by atoms with E-state index in [0.717, 1.165) is 27.8 Å². The largest absolute Gasteiger partial charge is 0.274 e. The van der Waals surface area contributed by atoms with Crippen LogP contribution in [0.15, 0.2) is 71.6 Å². The van der Waals surface area contributed by atoms with Gasteiger partial charge in [-0.3, -0.25) is 9.59 Å². The van der Waals surface area contributed by atoms with Crippen LogP contribution in [0.25, 0.3) is 10.8 Å². The summed E-state index contributed by atoms with van der Waals surface area (Å²) in [6.45, 7) is 0. The van der Waals surface area contributed by atoms with Gasteiger partial charge in [0.2, 0.25) is 15.9 Å². The lowest BCUT2D eigenvalue weighted by Gasteiger charge is -2.27. The first kappa shape index (κ1) is 19.8. The van der Waals surface area contributed by atoms with Gasteiger partial charge in [0.25, 0.3) is 5.91 Å². The van der Waals surface area contributed by atoms with Crippen LogP contribution in [-0.4, -0.2) is 36.6 Å². The fourth-order valence-electron chi connectivity index (χ4n) is 4.07. The molecule has 1 unspecified atom stereocenters. The van der Waals surface area contributed by atoms with Crippen molar-refractivity contribution in [3.05, 3.63) is 72.5 Å². The molecular formula is C23H19FN2O4S. The number of nitrogens with zero attached hydrogens (tertiary/aromatic N) is 2. The minimum atomic E-state index is -4.01. The van der Waals surface area contributed by atoms with E-state index in [1.54, 1.807) is 12.1 Å². The summed E-state index contributed by atoms with van der Waals surface area (Å²) in [5.41, 5.74) is 0.234. The summed E-state index contributed by atoms with van der Waals surface area (Å²) in [5.74, 6) is -1.59. The van der Waals surface area contributed by atoms with E-state index in [2.05, 4.69) is 0 Å². The molecular weight excluding hydrogens is 419 g/mol. The van der Waals surface area contributed by atoms with E-state index in [0.29, 0.717) is 12.8 Å². The van der Waals surface area contributed by atoms with E-state index in [1.807, 2.05) is 24.3 Å². The zero-order valence-electron chi connectivity index (χ0n) is 16.4. The van der Waals surface area contributed by atoms with E-state index < -0.39 is 33.7 Å². The molecule has 0 N–H and O–H groups in total. The molecule has 6 nitrogen and oxygen atoms in total. The number of benzene rings is 3. The third-order valence-electron chi connectivity index (χ3n) is 5.72. The smallest absolute Gasteiger partial charge is 0.252 e. The van der Waals surface area contributed by atoms with Crippen LogP contribution < -0.4 is 4.90 Å². The highest BCUT2D eigenvalue weighted by Gasteiger charge is 2.51. The summed E-state index contributed by atoms with van der Waals surface area (Å²) in [7, 11) is -4.01. The van der Waals surface area contributed by atoms with E-state index in [9.17, 15) is 22.4 Å². The molecule has 1 saturated carbocycles. The second kappa shape index (κ2) is 7.25. The first-order chi connectivity index (χ1) is 14.9. The van der Waals surface area contributed by atoms with E-state index >= 15 is 0 Å². The molecule has 31 heavy (non-hydrogen) atoms. The lowest BCUT2D eigenvalue weighted by Crippen LogP contribution is -2.46. The van der Waals surface area contributed by atoms with Gasteiger partial charge in [-0.05, 0) is 60.0 Å². The number of hydrogen-bond donors (Lipinski definition) is 0. The molecule has 5 rings (SSSR count). The number of sulfonamides is 1. The quantitative estimate of drug-likeness (QED) is 0.572. The number of imide groups is 1. The summed E-state index contributed by atoms with van der Waals surface area (Å²) in [6.07, 6.45) is 1.04. The lowest BCUT2D eigenvalue weighted by atomic mass is 10.1. The normalized spacial score (nSPS) is 19.5. The van der Waals surface area contributed by atoms with Crippen molar-refractivity contribution in [1.82, 2.24) is 4.31 Å². The molecule has 3 aromatic rings. The highest BCUT2D eigenvalue weighted by Crippen LogP contribution is 2.38. The van der Waals surface area contributed by atoms with E-state index in [4.69, 9.17) is 0 Å². The number of carbonyl (C=O) groups excluding carboxylic acids is 2. The van der Waals surface area contributed by atoms with Crippen molar-refractivity contribution >= 4 is 38.3 Å². The van der Waals surface area contributed by atoms with Gasteiger partial charge in [-0.25, -0.2) is 17.7 Å². The Balaban J connectivity index is 1.52. The Morgan fingerprint density at radius 2 is 1.58 bits per heavy atom. The van der Waals surface area contributed by atoms with Crippen LogP contribution in [0.4, 0.5) is 10.1 Å². The summed E-state index contributed by atoms with van der Waals surface area (Å²) in [4.78, 5) is 26.9. The average Bonchev–Trinajstić information content (AvgIpc) is 3.54. The van der Waals surface area contributed by atoms with Gasteiger partial charge in [-0.2, -0.15) is 4.31 Å². The summed E-state index contributed by atoms with van der Waals surface area (Å²) in [5, 5.41) is 1.69. The Kier molecular flexibility index (Phi) is 4.64.